The van der Waals surface area contributed by atoms with Crippen LogP contribution in [-0.4, -0.2) is 33.0 Å². The van der Waals surface area contributed by atoms with Crippen molar-refractivity contribution in [2.75, 3.05) is 13.2 Å². The quantitative estimate of drug-likeness (QED) is 0.708. The van der Waals surface area contributed by atoms with Gasteiger partial charge in [-0.05, 0) is 13.0 Å². The van der Waals surface area contributed by atoms with Crippen LogP contribution in [0.5, 0.6) is 5.88 Å². The molecule has 3 heterocycles. The highest BCUT2D eigenvalue weighted by Crippen LogP contribution is 2.24. The predicted octanol–water partition coefficient (Wildman–Crippen LogP) is 3.50. The molecule has 0 spiro atoms. The van der Waals surface area contributed by atoms with Gasteiger partial charge in [0.05, 0.1) is 12.3 Å². The average Bonchev–Trinajstić information content (AvgIpc) is 2.70. The van der Waals surface area contributed by atoms with Gasteiger partial charge in [0.15, 0.2) is 5.82 Å². The van der Waals surface area contributed by atoms with Crippen LogP contribution in [0, 0.1) is 0 Å². The molecule has 3 aromatic rings. The highest BCUT2D eigenvalue weighted by atomic mass is 16.5. The standard InChI is InChI=1S/C21H22N4O/c1-2-26-21-17(9-6-11-22-21)14-25-12-10-19-18(15-25)13-23-20(24-19)16-7-4-3-5-8-16/h3-9,11,13H,2,10,12,14-15H2,1H3. The Kier molecular flexibility index (Phi) is 4.88. The van der Waals surface area contributed by atoms with Crippen LogP contribution >= 0.6 is 0 Å². The summed E-state index contributed by atoms with van der Waals surface area (Å²) in [5.74, 6) is 1.54. The van der Waals surface area contributed by atoms with Crippen molar-refractivity contribution in [3.63, 3.8) is 0 Å². The summed E-state index contributed by atoms with van der Waals surface area (Å²) in [7, 11) is 0. The van der Waals surface area contributed by atoms with E-state index in [1.54, 1.807) is 6.20 Å². The van der Waals surface area contributed by atoms with Gasteiger partial charge in [-0.1, -0.05) is 36.4 Å². The number of ether oxygens (including phenoxy) is 1. The molecule has 1 aromatic carbocycles. The molecule has 0 bridgehead atoms. The molecule has 4 rings (SSSR count). The van der Waals surface area contributed by atoms with Gasteiger partial charge in [-0.25, -0.2) is 15.0 Å². The van der Waals surface area contributed by atoms with Crippen LogP contribution in [0.4, 0.5) is 0 Å². The fourth-order valence-corrected chi connectivity index (χ4v) is 3.29. The number of nitrogens with zero attached hydrogens (tertiary/aromatic N) is 4. The number of benzene rings is 1. The minimum absolute atomic E-state index is 0.628. The topological polar surface area (TPSA) is 51.1 Å². The summed E-state index contributed by atoms with van der Waals surface area (Å²) < 4.78 is 5.65. The zero-order chi connectivity index (χ0) is 17.8. The number of aromatic nitrogens is 3. The van der Waals surface area contributed by atoms with Crippen molar-refractivity contribution in [2.45, 2.75) is 26.4 Å². The van der Waals surface area contributed by atoms with Crippen LogP contribution in [0.3, 0.4) is 0 Å². The van der Waals surface area contributed by atoms with E-state index in [0.717, 1.165) is 54.6 Å². The summed E-state index contributed by atoms with van der Waals surface area (Å²) in [6.07, 6.45) is 4.68. The molecule has 5 heteroatoms. The van der Waals surface area contributed by atoms with Crippen LogP contribution in [0.15, 0.2) is 54.9 Å². The van der Waals surface area contributed by atoms with E-state index in [4.69, 9.17) is 9.72 Å². The molecule has 0 aliphatic carbocycles. The number of hydrogen-bond donors (Lipinski definition) is 0. The Morgan fingerprint density at radius 3 is 2.81 bits per heavy atom. The first-order chi connectivity index (χ1) is 12.8. The molecule has 0 amide bonds. The largest absolute Gasteiger partial charge is 0.478 e. The Balaban J connectivity index is 1.50. The summed E-state index contributed by atoms with van der Waals surface area (Å²) in [5.41, 5.74) is 4.55. The van der Waals surface area contributed by atoms with Crippen molar-refractivity contribution < 1.29 is 4.74 Å². The van der Waals surface area contributed by atoms with Gasteiger partial charge in [-0.2, -0.15) is 0 Å². The van der Waals surface area contributed by atoms with Crippen molar-refractivity contribution >= 4 is 0 Å². The van der Waals surface area contributed by atoms with Crippen molar-refractivity contribution in [2.24, 2.45) is 0 Å². The van der Waals surface area contributed by atoms with E-state index in [1.807, 2.05) is 37.4 Å². The lowest BCUT2D eigenvalue weighted by Gasteiger charge is -2.28. The van der Waals surface area contributed by atoms with Gasteiger partial charge < -0.3 is 4.74 Å². The normalized spacial score (nSPS) is 14.0. The van der Waals surface area contributed by atoms with Gasteiger partial charge in [0.25, 0.3) is 0 Å². The van der Waals surface area contributed by atoms with Crippen LogP contribution < -0.4 is 4.74 Å². The molecular weight excluding hydrogens is 324 g/mol. The molecule has 1 aliphatic rings. The van der Waals surface area contributed by atoms with Crippen LogP contribution in [0.1, 0.15) is 23.7 Å². The molecule has 26 heavy (non-hydrogen) atoms. The molecule has 0 saturated carbocycles. The fourth-order valence-electron chi connectivity index (χ4n) is 3.29. The van der Waals surface area contributed by atoms with Gasteiger partial charge in [-0.15, -0.1) is 0 Å². The third-order valence-electron chi connectivity index (χ3n) is 4.57. The van der Waals surface area contributed by atoms with E-state index in [9.17, 15) is 0 Å². The molecule has 0 fully saturated rings. The monoisotopic (exact) mass is 346 g/mol. The molecule has 5 nitrogen and oxygen atoms in total. The van der Waals surface area contributed by atoms with Crippen molar-refractivity contribution in [3.8, 4) is 17.3 Å². The molecule has 0 saturated heterocycles. The highest BCUT2D eigenvalue weighted by Gasteiger charge is 2.20. The van der Waals surface area contributed by atoms with E-state index >= 15 is 0 Å². The molecule has 2 aromatic heterocycles. The summed E-state index contributed by atoms with van der Waals surface area (Å²) in [6, 6.07) is 14.2. The highest BCUT2D eigenvalue weighted by molar-refractivity contribution is 5.54. The van der Waals surface area contributed by atoms with Crippen molar-refractivity contribution in [1.29, 1.82) is 0 Å². The maximum Gasteiger partial charge on any atom is 0.217 e. The number of rotatable bonds is 5. The van der Waals surface area contributed by atoms with E-state index in [0.29, 0.717) is 6.61 Å². The third kappa shape index (κ3) is 3.58. The Morgan fingerprint density at radius 1 is 1.08 bits per heavy atom. The lowest BCUT2D eigenvalue weighted by molar-refractivity contribution is 0.235. The number of pyridine rings is 1. The van der Waals surface area contributed by atoms with Gasteiger partial charge in [0.2, 0.25) is 5.88 Å². The Labute approximate surface area is 153 Å². The smallest absolute Gasteiger partial charge is 0.217 e. The van der Waals surface area contributed by atoms with Gasteiger partial charge >= 0.3 is 0 Å². The first-order valence-corrected chi connectivity index (χ1v) is 9.02. The lowest BCUT2D eigenvalue weighted by atomic mass is 10.1. The van der Waals surface area contributed by atoms with Gasteiger partial charge in [0.1, 0.15) is 0 Å². The molecule has 0 radical (unpaired) electrons. The average molecular weight is 346 g/mol. The molecule has 0 atom stereocenters. The summed E-state index contributed by atoms with van der Waals surface area (Å²) in [5, 5.41) is 0. The van der Waals surface area contributed by atoms with Crippen LogP contribution in [0.2, 0.25) is 0 Å². The van der Waals surface area contributed by atoms with Gasteiger partial charge in [-0.3, -0.25) is 4.90 Å². The van der Waals surface area contributed by atoms with E-state index in [-0.39, 0.29) is 0 Å². The van der Waals surface area contributed by atoms with E-state index < -0.39 is 0 Å². The predicted molar refractivity (Wildman–Crippen MR) is 101 cm³/mol. The molecule has 1 aliphatic heterocycles. The lowest BCUT2D eigenvalue weighted by Crippen LogP contribution is -2.31. The third-order valence-corrected chi connectivity index (χ3v) is 4.57. The van der Waals surface area contributed by atoms with Crippen molar-refractivity contribution in [1.82, 2.24) is 19.9 Å². The van der Waals surface area contributed by atoms with E-state index in [1.165, 1.54) is 5.56 Å². The minimum atomic E-state index is 0.628. The number of hydrogen-bond acceptors (Lipinski definition) is 5. The SMILES string of the molecule is CCOc1ncccc1CN1CCc2nc(-c3ccccc3)ncc2C1. The van der Waals surface area contributed by atoms with Gasteiger partial charge in [0, 0.05) is 55.1 Å². The Bertz CT molecular complexity index is 882. The minimum Gasteiger partial charge on any atom is -0.478 e. The van der Waals surface area contributed by atoms with Crippen LogP contribution in [-0.2, 0) is 19.5 Å². The summed E-state index contributed by atoms with van der Waals surface area (Å²) >= 11 is 0. The Morgan fingerprint density at radius 2 is 1.96 bits per heavy atom. The Hall–Kier alpha value is -2.79. The zero-order valence-corrected chi connectivity index (χ0v) is 14.9. The summed E-state index contributed by atoms with van der Waals surface area (Å²) in [4.78, 5) is 16.1. The second-order valence-corrected chi connectivity index (χ2v) is 6.39. The first-order valence-electron chi connectivity index (χ1n) is 9.02. The maximum absolute atomic E-state index is 5.65. The van der Waals surface area contributed by atoms with E-state index in [2.05, 4.69) is 33.1 Å². The fraction of sp³-hybridized carbons (Fsp3) is 0.286. The van der Waals surface area contributed by atoms with Crippen LogP contribution in [0.25, 0.3) is 11.4 Å². The molecule has 0 N–H and O–H groups in total. The second-order valence-electron chi connectivity index (χ2n) is 6.39. The molecule has 0 unspecified atom stereocenters. The maximum atomic E-state index is 5.65. The molecule has 132 valence electrons. The number of fused-ring (bicyclic) bond motifs is 1. The first kappa shape index (κ1) is 16.7. The zero-order valence-electron chi connectivity index (χ0n) is 14.9. The second kappa shape index (κ2) is 7.62. The van der Waals surface area contributed by atoms with Crippen molar-refractivity contribution in [3.05, 3.63) is 71.7 Å². The molecular formula is C21H22N4O. The summed E-state index contributed by atoms with van der Waals surface area (Å²) in [6.45, 7) is 5.26.